The van der Waals surface area contributed by atoms with E-state index < -0.39 is 12.0 Å². The Kier molecular flexibility index (Phi) is 5.95. The number of carboxylic acid groups (broad SMARTS) is 1. The summed E-state index contributed by atoms with van der Waals surface area (Å²) in [5.41, 5.74) is 0.583. The molecule has 2 rings (SSSR count). The number of aliphatic carboxylic acids is 1. The van der Waals surface area contributed by atoms with Crippen molar-refractivity contribution in [3.05, 3.63) is 45.4 Å². The highest BCUT2D eigenvalue weighted by Gasteiger charge is 2.15. The number of carbonyl (C=O) groups excluding carboxylic acids is 1. The monoisotopic (exact) mass is 354 g/mol. The van der Waals surface area contributed by atoms with Crippen LogP contribution in [-0.2, 0) is 22.6 Å². The fourth-order valence-corrected chi connectivity index (χ4v) is 2.52. The quantitative estimate of drug-likeness (QED) is 0.797. The van der Waals surface area contributed by atoms with Gasteiger partial charge in [-0.3, -0.25) is 9.59 Å². The van der Waals surface area contributed by atoms with E-state index in [-0.39, 0.29) is 12.3 Å². The topological polar surface area (TPSA) is 88.5 Å². The molecule has 0 spiro atoms. The van der Waals surface area contributed by atoms with Crippen LogP contribution in [0.5, 0.6) is 5.75 Å². The van der Waals surface area contributed by atoms with Crippen LogP contribution >= 0.6 is 22.9 Å². The molecule has 2 aromatic rings. The molecule has 2 N–H and O–H groups in total. The second-order valence-electron chi connectivity index (χ2n) is 4.78. The molecule has 8 heteroatoms. The Morgan fingerprint density at radius 2 is 2.09 bits per heavy atom. The largest absolute Gasteiger partial charge is 0.486 e. The van der Waals surface area contributed by atoms with E-state index in [1.165, 1.54) is 18.3 Å². The second-order valence-corrected chi connectivity index (χ2v) is 6.16. The van der Waals surface area contributed by atoms with Gasteiger partial charge in [0.1, 0.15) is 23.4 Å². The van der Waals surface area contributed by atoms with Gasteiger partial charge in [-0.1, -0.05) is 11.6 Å². The lowest BCUT2D eigenvalue weighted by atomic mass is 10.3. The lowest BCUT2D eigenvalue weighted by Gasteiger charge is -2.07. The first-order chi connectivity index (χ1) is 10.9. The van der Waals surface area contributed by atoms with Gasteiger partial charge in [0.15, 0.2) is 0 Å². The maximum atomic E-state index is 11.7. The van der Waals surface area contributed by atoms with Crippen LogP contribution in [0.4, 0.5) is 0 Å². The molecule has 1 aromatic heterocycles. The lowest BCUT2D eigenvalue weighted by Crippen LogP contribution is -2.39. The lowest BCUT2D eigenvalue weighted by molar-refractivity contribution is -0.141. The van der Waals surface area contributed by atoms with E-state index in [1.54, 1.807) is 29.6 Å². The number of carboxylic acids is 1. The zero-order chi connectivity index (χ0) is 16.8. The normalized spacial score (nSPS) is 11.7. The third-order valence-corrected chi connectivity index (χ3v) is 3.99. The van der Waals surface area contributed by atoms with E-state index >= 15 is 0 Å². The van der Waals surface area contributed by atoms with Crippen LogP contribution in [0.3, 0.4) is 0 Å². The SMILES string of the molecule is C[C@H](NC(=O)Cc1csc(COc2ccc(Cl)cc2)n1)C(=O)O. The van der Waals surface area contributed by atoms with E-state index in [0.717, 1.165) is 5.01 Å². The van der Waals surface area contributed by atoms with Crippen LogP contribution in [0.25, 0.3) is 0 Å². The average molecular weight is 355 g/mol. The Bertz CT molecular complexity index is 687. The van der Waals surface area contributed by atoms with Crippen LogP contribution in [0.2, 0.25) is 5.02 Å². The summed E-state index contributed by atoms with van der Waals surface area (Å²) in [5, 5.41) is 14.2. The van der Waals surface area contributed by atoms with E-state index in [0.29, 0.717) is 23.1 Å². The molecule has 1 amide bonds. The fraction of sp³-hybridized carbons (Fsp3) is 0.267. The van der Waals surface area contributed by atoms with Crippen LogP contribution in [0.15, 0.2) is 29.6 Å². The van der Waals surface area contributed by atoms with Crippen molar-refractivity contribution in [1.82, 2.24) is 10.3 Å². The van der Waals surface area contributed by atoms with Gasteiger partial charge in [0.2, 0.25) is 5.91 Å². The van der Waals surface area contributed by atoms with Gasteiger partial charge in [-0.25, -0.2) is 4.98 Å². The third kappa shape index (κ3) is 5.54. The van der Waals surface area contributed by atoms with E-state index in [1.807, 2.05) is 0 Å². The summed E-state index contributed by atoms with van der Waals surface area (Å²) >= 11 is 7.18. The highest BCUT2D eigenvalue weighted by Crippen LogP contribution is 2.18. The Labute approximate surface area is 142 Å². The van der Waals surface area contributed by atoms with E-state index in [2.05, 4.69) is 10.3 Å². The number of hydrogen-bond acceptors (Lipinski definition) is 5. The third-order valence-electron chi connectivity index (χ3n) is 2.86. The molecule has 1 aromatic carbocycles. The molecular weight excluding hydrogens is 340 g/mol. The summed E-state index contributed by atoms with van der Waals surface area (Å²) in [4.78, 5) is 26.7. The number of aromatic nitrogens is 1. The molecule has 0 aliphatic carbocycles. The zero-order valence-corrected chi connectivity index (χ0v) is 13.9. The van der Waals surface area contributed by atoms with Crippen molar-refractivity contribution in [2.24, 2.45) is 0 Å². The summed E-state index contributed by atoms with van der Waals surface area (Å²) in [6, 6.07) is 6.07. The van der Waals surface area contributed by atoms with Crippen molar-refractivity contribution in [2.75, 3.05) is 0 Å². The predicted molar refractivity (Wildman–Crippen MR) is 86.8 cm³/mol. The predicted octanol–water partition coefficient (Wildman–Crippen LogP) is 2.51. The van der Waals surface area contributed by atoms with Crippen molar-refractivity contribution in [3.8, 4) is 5.75 Å². The van der Waals surface area contributed by atoms with Gasteiger partial charge < -0.3 is 15.2 Å². The Morgan fingerprint density at radius 1 is 1.39 bits per heavy atom. The number of nitrogens with one attached hydrogen (secondary N) is 1. The maximum absolute atomic E-state index is 11.7. The van der Waals surface area contributed by atoms with Crippen molar-refractivity contribution in [2.45, 2.75) is 26.0 Å². The average Bonchev–Trinajstić information content (AvgIpc) is 2.93. The molecule has 122 valence electrons. The minimum absolute atomic E-state index is 0.0368. The maximum Gasteiger partial charge on any atom is 0.325 e. The smallest absolute Gasteiger partial charge is 0.325 e. The number of benzene rings is 1. The minimum Gasteiger partial charge on any atom is -0.486 e. The van der Waals surface area contributed by atoms with Gasteiger partial charge in [0, 0.05) is 10.4 Å². The number of nitrogens with zero attached hydrogens (tertiary/aromatic N) is 1. The molecule has 6 nitrogen and oxygen atoms in total. The number of rotatable bonds is 7. The highest BCUT2D eigenvalue weighted by atomic mass is 35.5. The summed E-state index contributed by atoms with van der Waals surface area (Å²) < 4.78 is 5.57. The first-order valence-corrected chi connectivity index (χ1v) is 8.03. The number of ether oxygens (including phenoxy) is 1. The van der Waals surface area contributed by atoms with Gasteiger partial charge >= 0.3 is 5.97 Å². The van der Waals surface area contributed by atoms with Crippen molar-refractivity contribution >= 4 is 34.8 Å². The molecule has 0 saturated carbocycles. The van der Waals surface area contributed by atoms with Gasteiger partial charge in [-0.05, 0) is 31.2 Å². The second kappa shape index (κ2) is 7.94. The number of thiazole rings is 1. The molecule has 0 fully saturated rings. The molecule has 0 aliphatic rings. The van der Waals surface area contributed by atoms with Gasteiger partial charge in [-0.2, -0.15) is 0 Å². The molecule has 1 heterocycles. The molecule has 0 saturated heterocycles. The Hall–Kier alpha value is -2.12. The Morgan fingerprint density at radius 3 is 2.74 bits per heavy atom. The van der Waals surface area contributed by atoms with E-state index in [4.69, 9.17) is 21.4 Å². The summed E-state index contributed by atoms with van der Waals surface area (Å²) in [6.45, 7) is 1.70. The fourth-order valence-electron chi connectivity index (χ4n) is 1.69. The van der Waals surface area contributed by atoms with Crippen molar-refractivity contribution < 1.29 is 19.4 Å². The van der Waals surface area contributed by atoms with Crippen molar-refractivity contribution in [3.63, 3.8) is 0 Å². The molecular formula is C15H15ClN2O4S. The molecule has 1 atom stereocenters. The van der Waals surface area contributed by atoms with Gasteiger partial charge in [-0.15, -0.1) is 11.3 Å². The van der Waals surface area contributed by atoms with E-state index in [9.17, 15) is 9.59 Å². The highest BCUT2D eigenvalue weighted by molar-refractivity contribution is 7.09. The molecule has 23 heavy (non-hydrogen) atoms. The first-order valence-electron chi connectivity index (χ1n) is 6.78. The number of hydrogen-bond donors (Lipinski definition) is 2. The van der Waals surface area contributed by atoms with Crippen LogP contribution in [-0.4, -0.2) is 28.0 Å². The van der Waals surface area contributed by atoms with Gasteiger partial charge in [0.25, 0.3) is 0 Å². The molecule has 0 bridgehead atoms. The standard InChI is InChI=1S/C15H15ClN2O4S/c1-9(15(20)21)17-13(19)6-11-8-23-14(18-11)7-22-12-4-2-10(16)3-5-12/h2-5,8-9H,6-7H2,1H3,(H,17,19)(H,20,21)/t9-/m0/s1. The molecule has 0 radical (unpaired) electrons. The minimum atomic E-state index is -1.08. The Balaban J connectivity index is 1.84. The molecule has 0 unspecified atom stereocenters. The van der Waals surface area contributed by atoms with Gasteiger partial charge in [0.05, 0.1) is 12.1 Å². The summed E-state index contributed by atoms with van der Waals surface area (Å²) in [5.74, 6) is -0.775. The number of halogens is 1. The van der Waals surface area contributed by atoms with Crippen LogP contribution in [0, 0.1) is 0 Å². The zero-order valence-electron chi connectivity index (χ0n) is 12.3. The van der Waals surface area contributed by atoms with Crippen LogP contribution in [0.1, 0.15) is 17.6 Å². The summed E-state index contributed by atoms with van der Waals surface area (Å²) in [7, 11) is 0. The van der Waals surface area contributed by atoms with Crippen LogP contribution < -0.4 is 10.1 Å². The molecule has 0 aliphatic heterocycles. The van der Waals surface area contributed by atoms with Crippen molar-refractivity contribution in [1.29, 1.82) is 0 Å². The first kappa shape index (κ1) is 17.2. The number of carbonyl (C=O) groups is 2. The number of amides is 1. The summed E-state index contributed by atoms with van der Waals surface area (Å²) in [6.07, 6.45) is 0.0368.